The van der Waals surface area contributed by atoms with E-state index in [-0.39, 0.29) is 5.91 Å². The first kappa shape index (κ1) is 11.4. The maximum Gasteiger partial charge on any atom is 0.271 e. The van der Waals surface area contributed by atoms with Gasteiger partial charge in [0.2, 0.25) is 0 Å². The van der Waals surface area contributed by atoms with Crippen LogP contribution in [0.15, 0.2) is 12.4 Å². The predicted molar refractivity (Wildman–Crippen MR) is 68.3 cm³/mol. The van der Waals surface area contributed by atoms with E-state index in [1.54, 1.807) is 13.2 Å². The van der Waals surface area contributed by atoms with Gasteiger partial charge in [-0.2, -0.15) is 0 Å². The van der Waals surface area contributed by atoms with Gasteiger partial charge in [0.25, 0.3) is 5.91 Å². The van der Waals surface area contributed by atoms with Crippen LogP contribution in [0.5, 0.6) is 0 Å². The van der Waals surface area contributed by atoms with E-state index in [0.717, 1.165) is 12.3 Å². The van der Waals surface area contributed by atoms with E-state index in [4.69, 9.17) is 0 Å². The molecule has 0 spiro atoms. The van der Waals surface area contributed by atoms with Crippen LogP contribution in [0.2, 0.25) is 0 Å². The van der Waals surface area contributed by atoms with Gasteiger partial charge in [0, 0.05) is 13.1 Å². The van der Waals surface area contributed by atoms with Crippen molar-refractivity contribution in [3.63, 3.8) is 0 Å². The molecular weight excluding hydrogens is 228 g/mol. The summed E-state index contributed by atoms with van der Waals surface area (Å²) in [7, 11) is 1.78. The summed E-state index contributed by atoms with van der Waals surface area (Å²) in [5, 5.41) is 5.99. The number of nitrogens with one attached hydrogen (secondary N) is 2. The van der Waals surface area contributed by atoms with Gasteiger partial charge in [-0.3, -0.25) is 4.79 Å². The monoisotopic (exact) mass is 246 g/mol. The highest BCUT2D eigenvalue weighted by atomic mass is 16.1. The Bertz CT molecular complexity index is 445. The van der Waals surface area contributed by atoms with Crippen LogP contribution in [0.25, 0.3) is 0 Å². The topological polar surface area (TPSA) is 66.9 Å². The van der Waals surface area contributed by atoms with Gasteiger partial charge >= 0.3 is 0 Å². The van der Waals surface area contributed by atoms with Crippen molar-refractivity contribution in [2.75, 3.05) is 12.4 Å². The van der Waals surface area contributed by atoms with Crippen LogP contribution in [0.1, 0.15) is 36.2 Å². The van der Waals surface area contributed by atoms with Gasteiger partial charge in [-0.15, -0.1) is 0 Å². The van der Waals surface area contributed by atoms with Crippen molar-refractivity contribution in [1.29, 1.82) is 0 Å². The maximum absolute atomic E-state index is 12.0. The summed E-state index contributed by atoms with van der Waals surface area (Å²) in [6.45, 7) is 0. The Kier molecular flexibility index (Phi) is 2.89. The second-order valence-electron chi connectivity index (χ2n) is 5.29. The highest BCUT2D eigenvalue weighted by Gasteiger charge is 2.40. The van der Waals surface area contributed by atoms with E-state index < -0.39 is 0 Å². The van der Waals surface area contributed by atoms with E-state index in [1.807, 2.05) is 0 Å². The number of carbonyl (C=O) groups excluding carboxylic acids is 1. The van der Waals surface area contributed by atoms with Crippen molar-refractivity contribution in [3.05, 3.63) is 18.1 Å². The van der Waals surface area contributed by atoms with Gasteiger partial charge in [-0.25, -0.2) is 9.97 Å². The third kappa shape index (κ3) is 2.05. The minimum absolute atomic E-state index is 0.0947. The molecule has 1 amide bonds. The van der Waals surface area contributed by atoms with Crippen molar-refractivity contribution >= 4 is 11.7 Å². The fraction of sp³-hybridized carbons (Fsp3) is 0.615. The summed E-state index contributed by atoms with van der Waals surface area (Å²) in [4.78, 5) is 20.3. The van der Waals surface area contributed by atoms with Crippen molar-refractivity contribution in [2.45, 2.75) is 31.7 Å². The molecule has 2 bridgehead atoms. The van der Waals surface area contributed by atoms with Crippen molar-refractivity contribution in [1.82, 2.24) is 15.3 Å². The second kappa shape index (κ2) is 4.55. The van der Waals surface area contributed by atoms with Crippen LogP contribution in [0, 0.1) is 11.8 Å². The Hall–Kier alpha value is -1.65. The van der Waals surface area contributed by atoms with E-state index in [0.29, 0.717) is 23.5 Å². The summed E-state index contributed by atoms with van der Waals surface area (Å²) in [5.74, 6) is 2.09. The molecule has 3 atom stereocenters. The smallest absolute Gasteiger partial charge is 0.271 e. The van der Waals surface area contributed by atoms with Crippen LogP contribution in [0.3, 0.4) is 0 Å². The average Bonchev–Trinajstić information content (AvgIpc) is 3.01. The predicted octanol–water partition coefficient (Wildman–Crippen LogP) is 1.44. The van der Waals surface area contributed by atoms with Gasteiger partial charge in [-0.05, 0) is 31.1 Å². The van der Waals surface area contributed by atoms with Crippen molar-refractivity contribution < 1.29 is 4.79 Å². The molecule has 3 rings (SSSR count). The van der Waals surface area contributed by atoms with Crippen molar-refractivity contribution in [3.8, 4) is 0 Å². The number of fused-ring (bicyclic) bond motifs is 2. The van der Waals surface area contributed by atoms with E-state index in [2.05, 4.69) is 20.6 Å². The zero-order valence-electron chi connectivity index (χ0n) is 10.5. The van der Waals surface area contributed by atoms with Crippen molar-refractivity contribution in [2.24, 2.45) is 11.8 Å². The lowest BCUT2D eigenvalue weighted by Crippen LogP contribution is -2.38. The first-order valence-electron chi connectivity index (χ1n) is 6.57. The average molecular weight is 246 g/mol. The van der Waals surface area contributed by atoms with Crippen LogP contribution in [-0.4, -0.2) is 29.0 Å². The third-order valence-electron chi connectivity index (χ3n) is 4.20. The highest BCUT2D eigenvalue weighted by Crippen LogP contribution is 2.44. The summed E-state index contributed by atoms with van der Waals surface area (Å²) in [6.07, 6.45) is 8.13. The molecular formula is C13H18N4O. The Labute approximate surface area is 106 Å². The summed E-state index contributed by atoms with van der Waals surface area (Å²) < 4.78 is 0. The second-order valence-corrected chi connectivity index (χ2v) is 5.29. The molecule has 2 fully saturated rings. The molecule has 2 aliphatic carbocycles. The lowest BCUT2D eigenvalue weighted by Gasteiger charge is -2.22. The summed E-state index contributed by atoms with van der Waals surface area (Å²) >= 11 is 0. The van der Waals surface area contributed by atoms with E-state index in [9.17, 15) is 4.79 Å². The molecule has 2 N–H and O–H groups in total. The standard InChI is InChI=1S/C13H18N4O/c1-14-12-7-15-11(6-16-12)13(18)17-10-5-8-2-3-9(10)4-8/h6-10H,2-5H2,1H3,(H,14,16)(H,17,18). The Morgan fingerprint density at radius 1 is 1.28 bits per heavy atom. The summed E-state index contributed by atoms with van der Waals surface area (Å²) in [5.41, 5.74) is 0.400. The fourth-order valence-corrected chi connectivity index (χ4v) is 3.24. The van der Waals surface area contributed by atoms with Gasteiger partial charge < -0.3 is 10.6 Å². The van der Waals surface area contributed by atoms with Crippen LogP contribution < -0.4 is 10.6 Å². The lowest BCUT2D eigenvalue weighted by atomic mass is 9.95. The minimum Gasteiger partial charge on any atom is -0.372 e. The van der Waals surface area contributed by atoms with E-state index in [1.165, 1.54) is 25.5 Å². The summed E-state index contributed by atoms with van der Waals surface area (Å²) in [6, 6.07) is 0.349. The Morgan fingerprint density at radius 2 is 2.17 bits per heavy atom. The largest absolute Gasteiger partial charge is 0.372 e. The minimum atomic E-state index is -0.0947. The van der Waals surface area contributed by atoms with Gasteiger partial charge in [-0.1, -0.05) is 6.42 Å². The number of amides is 1. The number of nitrogens with zero attached hydrogens (tertiary/aromatic N) is 2. The molecule has 3 unspecified atom stereocenters. The Balaban J connectivity index is 1.64. The highest BCUT2D eigenvalue weighted by molar-refractivity contribution is 5.92. The Morgan fingerprint density at radius 3 is 2.72 bits per heavy atom. The number of hydrogen-bond donors (Lipinski definition) is 2. The van der Waals surface area contributed by atoms with Crippen LogP contribution in [-0.2, 0) is 0 Å². The van der Waals surface area contributed by atoms with Crippen LogP contribution >= 0.6 is 0 Å². The quantitative estimate of drug-likeness (QED) is 0.847. The number of anilines is 1. The molecule has 0 saturated heterocycles. The molecule has 5 heteroatoms. The molecule has 2 aliphatic rings. The molecule has 1 aromatic heterocycles. The number of carbonyl (C=O) groups is 1. The molecule has 2 saturated carbocycles. The molecule has 18 heavy (non-hydrogen) atoms. The maximum atomic E-state index is 12.0. The number of hydrogen-bond acceptors (Lipinski definition) is 4. The van der Waals surface area contributed by atoms with Gasteiger partial charge in [0.1, 0.15) is 11.5 Å². The number of rotatable bonds is 3. The normalized spacial score (nSPS) is 29.3. The third-order valence-corrected chi connectivity index (χ3v) is 4.20. The zero-order chi connectivity index (χ0) is 12.5. The first-order chi connectivity index (χ1) is 8.76. The molecule has 0 radical (unpaired) electrons. The van der Waals surface area contributed by atoms with Crippen LogP contribution in [0.4, 0.5) is 5.82 Å². The molecule has 96 valence electrons. The molecule has 0 aliphatic heterocycles. The SMILES string of the molecule is CNc1cnc(C(=O)NC2CC3CCC2C3)cn1. The zero-order valence-corrected chi connectivity index (χ0v) is 10.5. The molecule has 0 aromatic carbocycles. The van der Waals surface area contributed by atoms with Gasteiger partial charge in [0.05, 0.1) is 12.4 Å². The lowest BCUT2D eigenvalue weighted by molar-refractivity contribution is 0.0917. The first-order valence-corrected chi connectivity index (χ1v) is 6.57. The van der Waals surface area contributed by atoms with E-state index >= 15 is 0 Å². The van der Waals surface area contributed by atoms with Gasteiger partial charge in [0.15, 0.2) is 0 Å². The number of aromatic nitrogens is 2. The fourth-order valence-electron chi connectivity index (χ4n) is 3.24. The molecule has 5 nitrogen and oxygen atoms in total. The molecule has 1 aromatic rings. The molecule has 1 heterocycles.